The van der Waals surface area contributed by atoms with E-state index in [-0.39, 0.29) is 69.9 Å². The first-order valence-corrected chi connectivity index (χ1v) is 7.46. The molecule has 10 heteroatoms. The quantitative estimate of drug-likeness (QED) is 0.401. The van der Waals surface area contributed by atoms with Crippen molar-refractivity contribution in [1.82, 2.24) is 0 Å². The molecule has 0 N–H and O–H groups in total. The van der Waals surface area contributed by atoms with E-state index in [1.165, 1.54) is 24.3 Å². The molecule has 0 aromatic heterocycles. The van der Waals surface area contributed by atoms with Crippen molar-refractivity contribution in [3.05, 3.63) is 36.4 Å². The molecule has 6 nitrogen and oxygen atoms in total. The summed E-state index contributed by atoms with van der Waals surface area (Å²) >= 11 is 0. The molecule has 2 aromatic carbocycles. The largest absolute Gasteiger partial charge is 1.00 e. The summed E-state index contributed by atoms with van der Waals surface area (Å²) in [5.41, 5.74) is 0. The molecule has 2 aromatic rings. The summed E-state index contributed by atoms with van der Waals surface area (Å²) < 4.78 is 66.4. The molecule has 0 aliphatic heterocycles. The van der Waals surface area contributed by atoms with Crippen molar-refractivity contribution < 1.29 is 85.1 Å². The maximum atomic E-state index is 11.1. The first-order valence-electron chi connectivity index (χ1n) is 4.65. The van der Waals surface area contributed by atoms with Gasteiger partial charge in [-0.05, 0) is 17.5 Å². The van der Waals surface area contributed by atoms with Crippen LogP contribution in [0.15, 0.2) is 46.2 Å². The molecule has 0 unspecified atom stereocenters. The number of benzene rings is 2. The van der Waals surface area contributed by atoms with Gasteiger partial charge in [-0.1, -0.05) is 24.3 Å². The van der Waals surface area contributed by atoms with Gasteiger partial charge in [0.25, 0.3) is 0 Å². The van der Waals surface area contributed by atoms with Gasteiger partial charge in [0.1, 0.15) is 20.2 Å². The molecule has 0 bridgehead atoms. The first-order chi connectivity index (χ1) is 8.21. The summed E-state index contributed by atoms with van der Waals surface area (Å²) in [4.78, 5) is -1.43. The van der Waals surface area contributed by atoms with Crippen LogP contribution in [0.5, 0.6) is 0 Å². The van der Waals surface area contributed by atoms with E-state index in [1.807, 2.05) is 0 Å². The molecule has 0 fully saturated rings. The zero-order valence-corrected chi connectivity index (χ0v) is 16.4. The molecular weight excluding hydrogens is 326 g/mol. The van der Waals surface area contributed by atoms with Gasteiger partial charge in [-0.25, -0.2) is 16.8 Å². The summed E-state index contributed by atoms with van der Waals surface area (Å²) in [5.74, 6) is 0. The van der Waals surface area contributed by atoms with Crippen molar-refractivity contribution >= 4 is 31.0 Å². The van der Waals surface area contributed by atoms with Gasteiger partial charge >= 0.3 is 59.1 Å². The van der Waals surface area contributed by atoms with Crippen LogP contribution in [-0.2, 0) is 20.2 Å². The van der Waals surface area contributed by atoms with Crippen molar-refractivity contribution in [3.8, 4) is 0 Å². The average Bonchev–Trinajstić information content (AvgIpc) is 2.24. The first kappa shape index (κ1) is 20.5. The predicted molar refractivity (Wildman–Crippen MR) is 59.9 cm³/mol. The third-order valence-corrected chi connectivity index (χ3v) is 4.12. The average molecular weight is 332 g/mol. The van der Waals surface area contributed by atoms with Crippen LogP contribution in [0, 0.1) is 0 Å². The Hall–Kier alpha value is 0.520. The number of rotatable bonds is 2. The van der Waals surface area contributed by atoms with Crippen LogP contribution in [0.25, 0.3) is 10.8 Å². The number of hydrogen-bond acceptors (Lipinski definition) is 6. The molecule has 0 spiro atoms. The minimum absolute atomic E-state index is 0. The molecule has 20 heavy (non-hydrogen) atoms. The van der Waals surface area contributed by atoms with E-state index < -0.39 is 30.0 Å². The van der Waals surface area contributed by atoms with Gasteiger partial charge in [-0.2, -0.15) is 0 Å². The third kappa shape index (κ3) is 4.26. The molecule has 0 saturated carbocycles. The molecule has 0 radical (unpaired) electrons. The van der Waals surface area contributed by atoms with E-state index in [2.05, 4.69) is 0 Å². The summed E-state index contributed by atoms with van der Waals surface area (Å²) in [7, 11) is -9.73. The number of hydrogen-bond donors (Lipinski definition) is 0. The van der Waals surface area contributed by atoms with Crippen molar-refractivity contribution in [1.29, 1.82) is 0 Å². The van der Waals surface area contributed by atoms with Crippen LogP contribution >= 0.6 is 0 Å². The van der Waals surface area contributed by atoms with Gasteiger partial charge in [0.2, 0.25) is 0 Å². The van der Waals surface area contributed by atoms with E-state index in [9.17, 15) is 25.9 Å². The Morgan fingerprint density at radius 1 is 0.700 bits per heavy atom. The minimum atomic E-state index is -4.87. The van der Waals surface area contributed by atoms with Crippen molar-refractivity contribution in [2.24, 2.45) is 0 Å². The van der Waals surface area contributed by atoms with Crippen LogP contribution in [0.3, 0.4) is 0 Å². The van der Waals surface area contributed by atoms with E-state index in [0.29, 0.717) is 0 Å². The third-order valence-electron chi connectivity index (χ3n) is 2.37. The Balaban J connectivity index is 0.00000180. The second kappa shape index (κ2) is 7.19. The van der Waals surface area contributed by atoms with Crippen molar-refractivity contribution in [2.75, 3.05) is 0 Å². The normalized spacial score (nSPS) is 11.5. The van der Waals surface area contributed by atoms with Crippen molar-refractivity contribution in [2.45, 2.75) is 9.79 Å². The molecule has 0 heterocycles. The Bertz CT molecular complexity index is 763. The molecule has 0 amide bonds. The smallest absolute Gasteiger partial charge is 0.744 e. The zero-order valence-electron chi connectivity index (χ0n) is 10.7. The maximum absolute atomic E-state index is 11.1. The standard InChI is InChI=1S/C10H8O6S2.2Na/c11-17(12,13)8-5-1-3-7-4-2-6-9(10(7)8)18(14,15)16;;/h1-6H,(H,11,12,13)(H,14,15,16);;/q;2*+1/p-2. The molecule has 96 valence electrons. The molecule has 0 aliphatic rings. The Morgan fingerprint density at radius 3 is 1.35 bits per heavy atom. The van der Waals surface area contributed by atoms with Gasteiger partial charge in [0, 0.05) is 5.39 Å². The van der Waals surface area contributed by atoms with E-state index in [0.717, 1.165) is 12.1 Å². The Kier molecular flexibility index (Phi) is 7.37. The Morgan fingerprint density at radius 2 is 1.05 bits per heavy atom. The summed E-state index contributed by atoms with van der Waals surface area (Å²) in [6, 6.07) is 7.37. The van der Waals surface area contributed by atoms with E-state index in [1.54, 1.807) is 0 Å². The minimum Gasteiger partial charge on any atom is -0.744 e. The monoisotopic (exact) mass is 332 g/mol. The fourth-order valence-corrected chi connectivity index (χ4v) is 3.20. The Labute approximate surface area is 160 Å². The van der Waals surface area contributed by atoms with Gasteiger partial charge in [-0.15, -0.1) is 0 Å². The van der Waals surface area contributed by atoms with Gasteiger partial charge in [-0.3, -0.25) is 0 Å². The van der Waals surface area contributed by atoms with Crippen molar-refractivity contribution in [3.63, 3.8) is 0 Å². The molecule has 2 rings (SSSR count). The maximum Gasteiger partial charge on any atom is 1.00 e. The topological polar surface area (TPSA) is 114 Å². The van der Waals surface area contributed by atoms with Gasteiger partial charge in [0.05, 0.1) is 9.79 Å². The molecule has 0 saturated heterocycles. The van der Waals surface area contributed by atoms with Gasteiger partial charge in [0.15, 0.2) is 0 Å². The van der Waals surface area contributed by atoms with Crippen LogP contribution < -0.4 is 59.1 Å². The molecule has 0 aliphatic carbocycles. The second-order valence-electron chi connectivity index (χ2n) is 3.52. The van der Waals surface area contributed by atoms with Gasteiger partial charge < -0.3 is 9.11 Å². The molecular formula is C10H6Na2O6S2. The van der Waals surface area contributed by atoms with Crippen LogP contribution in [0.1, 0.15) is 0 Å². The van der Waals surface area contributed by atoms with E-state index >= 15 is 0 Å². The summed E-state index contributed by atoms with van der Waals surface area (Å²) in [6.07, 6.45) is 0. The summed E-state index contributed by atoms with van der Waals surface area (Å²) in [5, 5.41) is -0.158. The van der Waals surface area contributed by atoms with Crippen LogP contribution in [0.2, 0.25) is 0 Å². The SMILES string of the molecule is O=S(=O)([O-])c1cccc2cccc(S(=O)(=O)[O-])c12.[Na+].[Na+]. The van der Waals surface area contributed by atoms with Crippen LogP contribution in [-0.4, -0.2) is 25.9 Å². The molecule has 0 atom stereocenters. The second-order valence-corrected chi connectivity index (χ2v) is 6.21. The van der Waals surface area contributed by atoms with E-state index in [4.69, 9.17) is 0 Å². The number of fused-ring (bicyclic) bond motifs is 1. The fraction of sp³-hybridized carbons (Fsp3) is 0. The summed E-state index contributed by atoms with van der Waals surface area (Å²) in [6.45, 7) is 0. The fourth-order valence-electron chi connectivity index (χ4n) is 1.69. The zero-order chi connectivity index (χ0) is 13.6. The van der Waals surface area contributed by atoms with Crippen LogP contribution in [0.4, 0.5) is 0 Å². The predicted octanol–water partition coefficient (Wildman–Crippen LogP) is -5.34.